The van der Waals surface area contributed by atoms with Crippen LogP contribution in [0.25, 0.3) is 10.8 Å². The van der Waals surface area contributed by atoms with Gasteiger partial charge >= 0.3 is 0 Å². The predicted octanol–water partition coefficient (Wildman–Crippen LogP) is 5.17. The van der Waals surface area contributed by atoms with Gasteiger partial charge in [0.1, 0.15) is 12.4 Å². The van der Waals surface area contributed by atoms with Gasteiger partial charge in [-0.25, -0.2) is 0 Å². The van der Waals surface area contributed by atoms with E-state index in [1.54, 1.807) is 11.8 Å². The van der Waals surface area contributed by atoms with Gasteiger partial charge in [-0.1, -0.05) is 48.0 Å². The van der Waals surface area contributed by atoms with Crippen LogP contribution in [0.4, 0.5) is 0 Å². The number of carbonyl (C=O) groups is 1. The van der Waals surface area contributed by atoms with Crippen molar-refractivity contribution in [3.8, 4) is 5.75 Å². The average Bonchev–Trinajstić information content (AvgIpc) is 2.67. The zero-order valence-electron chi connectivity index (χ0n) is 14.3. The van der Waals surface area contributed by atoms with Crippen LogP contribution in [0, 0.1) is 0 Å². The maximum Gasteiger partial charge on any atom is 0.220 e. The Morgan fingerprint density at radius 2 is 1.77 bits per heavy atom. The molecule has 1 amide bonds. The van der Waals surface area contributed by atoms with Crippen LogP contribution in [0.5, 0.6) is 5.75 Å². The number of hydrogen-bond donors (Lipinski definition) is 1. The summed E-state index contributed by atoms with van der Waals surface area (Å²) in [5, 5.41) is 5.85. The summed E-state index contributed by atoms with van der Waals surface area (Å²) >= 11 is 7.50. The van der Waals surface area contributed by atoms with Crippen molar-refractivity contribution in [2.45, 2.75) is 11.3 Å². The quantitative estimate of drug-likeness (QED) is 0.429. The maximum atomic E-state index is 11.9. The van der Waals surface area contributed by atoms with E-state index in [1.807, 2.05) is 54.6 Å². The van der Waals surface area contributed by atoms with E-state index in [-0.39, 0.29) is 5.91 Å². The van der Waals surface area contributed by atoms with Gasteiger partial charge in [0, 0.05) is 27.5 Å². The molecule has 3 aromatic rings. The Balaban J connectivity index is 1.36. The summed E-state index contributed by atoms with van der Waals surface area (Å²) < 4.78 is 5.82. The molecule has 0 aliphatic heterocycles. The molecule has 0 aromatic heterocycles. The minimum absolute atomic E-state index is 0.0352. The van der Waals surface area contributed by atoms with E-state index >= 15 is 0 Å². The van der Waals surface area contributed by atoms with Crippen molar-refractivity contribution >= 4 is 40.0 Å². The van der Waals surface area contributed by atoms with Crippen LogP contribution in [0.1, 0.15) is 6.42 Å². The number of thioether (sulfide) groups is 1. The molecule has 26 heavy (non-hydrogen) atoms. The van der Waals surface area contributed by atoms with Gasteiger partial charge < -0.3 is 10.1 Å². The number of amides is 1. The summed E-state index contributed by atoms with van der Waals surface area (Å²) in [6, 6.07) is 21.7. The maximum absolute atomic E-state index is 11.9. The number of halogens is 1. The molecule has 0 atom stereocenters. The van der Waals surface area contributed by atoms with Gasteiger partial charge in [0.15, 0.2) is 0 Å². The molecule has 5 heteroatoms. The highest BCUT2D eigenvalue weighted by Crippen LogP contribution is 2.25. The van der Waals surface area contributed by atoms with E-state index in [4.69, 9.17) is 16.3 Å². The molecule has 0 fully saturated rings. The highest BCUT2D eigenvalue weighted by molar-refractivity contribution is 7.99. The normalized spacial score (nSPS) is 10.7. The predicted molar refractivity (Wildman–Crippen MR) is 109 cm³/mol. The first-order valence-electron chi connectivity index (χ1n) is 8.48. The van der Waals surface area contributed by atoms with E-state index < -0.39 is 0 Å². The van der Waals surface area contributed by atoms with E-state index in [0.717, 1.165) is 32.2 Å². The number of hydrogen-bond acceptors (Lipinski definition) is 3. The second kappa shape index (κ2) is 9.51. The van der Waals surface area contributed by atoms with E-state index in [2.05, 4.69) is 17.4 Å². The molecule has 0 heterocycles. The average molecular weight is 386 g/mol. The monoisotopic (exact) mass is 385 g/mol. The van der Waals surface area contributed by atoms with Crippen molar-refractivity contribution in [2.24, 2.45) is 0 Å². The summed E-state index contributed by atoms with van der Waals surface area (Å²) in [6.07, 6.45) is 0.474. The molecule has 3 nitrogen and oxygen atoms in total. The Kier molecular flexibility index (Phi) is 6.81. The Labute approximate surface area is 162 Å². The SMILES string of the molecule is O=C(CCSc1ccc(Cl)cc1)NCCOc1cccc2ccccc12. The largest absolute Gasteiger partial charge is 0.491 e. The van der Waals surface area contributed by atoms with Gasteiger partial charge in [0.05, 0.1) is 6.54 Å². The Morgan fingerprint density at radius 1 is 1.00 bits per heavy atom. The first-order chi connectivity index (χ1) is 12.7. The lowest BCUT2D eigenvalue weighted by molar-refractivity contribution is -0.120. The lowest BCUT2D eigenvalue weighted by atomic mass is 10.1. The van der Waals surface area contributed by atoms with Crippen molar-refractivity contribution in [1.29, 1.82) is 0 Å². The molecule has 0 bridgehead atoms. The summed E-state index contributed by atoms with van der Waals surface area (Å²) in [4.78, 5) is 13.0. The third kappa shape index (κ3) is 5.41. The fraction of sp³-hybridized carbons (Fsp3) is 0.190. The molecule has 0 saturated heterocycles. The molecule has 1 N–H and O–H groups in total. The number of fused-ring (bicyclic) bond motifs is 1. The molecule has 3 aromatic carbocycles. The smallest absolute Gasteiger partial charge is 0.220 e. The first kappa shape index (κ1) is 18.6. The molecule has 134 valence electrons. The molecule has 0 aliphatic rings. The lowest BCUT2D eigenvalue weighted by Gasteiger charge is -2.10. The number of carbonyl (C=O) groups excluding carboxylic acids is 1. The van der Waals surface area contributed by atoms with Crippen LogP contribution < -0.4 is 10.1 Å². The standard InChI is InChI=1S/C21H20ClNO2S/c22-17-8-10-18(11-9-17)26-15-12-21(24)23-13-14-25-20-7-3-5-16-4-1-2-6-19(16)20/h1-11H,12-15H2,(H,23,24). The van der Waals surface area contributed by atoms with Crippen LogP contribution >= 0.6 is 23.4 Å². The van der Waals surface area contributed by atoms with Crippen molar-refractivity contribution in [2.75, 3.05) is 18.9 Å². The van der Waals surface area contributed by atoms with Crippen LogP contribution in [0.3, 0.4) is 0 Å². The Morgan fingerprint density at radius 3 is 2.62 bits per heavy atom. The Hall–Kier alpha value is -2.17. The zero-order chi connectivity index (χ0) is 18.2. The molecular weight excluding hydrogens is 366 g/mol. The number of ether oxygens (including phenoxy) is 1. The van der Waals surface area contributed by atoms with E-state index in [1.165, 1.54) is 0 Å². The van der Waals surface area contributed by atoms with Gasteiger partial charge in [0.2, 0.25) is 5.91 Å². The minimum Gasteiger partial charge on any atom is -0.491 e. The highest BCUT2D eigenvalue weighted by atomic mass is 35.5. The summed E-state index contributed by atoms with van der Waals surface area (Å²) in [5.41, 5.74) is 0. The van der Waals surface area contributed by atoms with Crippen molar-refractivity contribution < 1.29 is 9.53 Å². The molecule has 0 unspecified atom stereocenters. The topological polar surface area (TPSA) is 38.3 Å². The van der Waals surface area contributed by atoms with Crippen LogP contribution in [-0.2, 0) is 4.79 Å². The summed E-state index contributed by atoms with van der Waals surface area (Å²) in [7, 11) is 0. The lowest BCUT2D eigenvalue weighted by Crippen LogP contribution is -2.28. The molecule has 0 saturated carbocycles. The third-order valence-electron chi connectivity index (χ3n) is 3.84. The van der Waals surface area contributed by atoms with E-state index in [9.17, 15) is 4.79 Å². The minimum atomic E-state index is 0.0352. The van der Waals surface area contributed by atoms with Gasteiger partial charge in [-0.15, -0.1) is 11.8 Å². The fourth-order valence-electron chi connectivity index (χ4n) is 2.55. The number of benzene rings is 3. The first-order valence-corrected chi connectivity index (χ1v) is 9.84. The van der Waals surface area contributed by atoms with Crippen LogP contribution in [-0.4, -0.2) is 24.8 Å². The van der Waals surface area contributed by atoms with Crippen molar-refractivity contribution in [3.63, 3.8) is 0 Å². The molecule has 3 rings (SSSR count). The van der Waals surface area contributed by atoms with Crippen molar-refractivity contribution in [1.82, 2.24) is 5.32 Å². The molecule has 0 radical (unpaired) electrons. The molecule has 0 spiro atoms. The fourth-order valence-corrected chi connectivity index (χ4v) is 3.53. The van der Waals surface area contributed by atoms with Crippen LogP contribution in [0.15, 0.2) is 71.6 Å². The molecule has 0 aliphatic carbocycles. The zero-order valence-corrected chi connectivity index (χ0v) is 15.9. The molecular formula is C21H20ClNO2S. The van der Waals surface area contributed by atoms with Crippen LogP contribution in [0.2, 0.25) is 5.02 Å². The second-order valence-electron chi connectivity index (χ2n) is 5.73. The Bertz CT molecular complexity index is 862. The van der Waals surface area contributed by atoms with E-state index in [0.29, 0.717) is 19.6 Å². The number of rotatable bonds is 8. The highest BCUT2D eigenvalue weighted by Gasteiger charge is 2.04. The van der Waals surface area contributed by atoms with Gasteiger partial charge in [-0.3, -0.25) is 4.79 Å². The number of nitrogens with one attached hydrogen (secondary N) is 1. The second-order valence-corrected chi connectivity index (χ2v) is 7.33. The van der Waals surface area contributed by atoms with Gasteiger partial charge in [-0.05, 0) is 35.7 Å². The van der Waals surface area contributed by atoms with Gasteiger partial charge in [0.25, 0.3) is 0 Å². The summed E-state index contributed by atoms with van der Waals surface area (Å²) in [6.45, 7) is 0.942. The van der Waals surface area contributed by atoms with Gasteiger partial charge in [-0.2, -0.15) is 0 Å². The third-order valence-corrected chi connectivity index (χ3v) is 5.11. The summed E-state index contributed by atoms with van der Waals surface area (Å²) in [5.74, 6) is 1.61. The van der Waals surface area contributed by atoms with Crippen molar-refractivity contribution in [3.05, 3.63) is 71.8 Å².